The SMILES string of the molecule is CN(CC(F)F)c1nc(-c2ccccc2)c(C(=O)O)s1. The first-order valence-electron chi connectivity index (χ1n) is 5.78. The van der Waals surface area contributed by atoms with E-state index >= 15 is 0 Å². The second-order valence-electron chi connectivity index (χ2n) is 4.12. The molecule has 0 aliphatic heterocycles. The number of hydrogen-bond donors (Lipinski definition) is 1. The number of aromatic carboxylic acids is 1. The van der Waals surface area contributed by atoms with Gasteiger partial charge in [0.1, 0.15) is 4.88 Å². The molecule has 7 heteroatoms. The Morgan fingerprint density at radius 3 is 2.60 bits per heavy atom. The zero-order chi connectivity index (χ0) is 14.7. The normalized spacial score (nSPS) is 10.8. The number of hydrogen-bond acceptors (Lipinski definition) is 4. The topological polar surface area (TPSA) is 53.4 Å². The molecule has 0 spiro atoms. The first-order chi connectivity index (χ1) is 9.49. The van der Waals surface area contributed by atoms with Gasteiger partial charge in [0.2, 0.25) is 0 Å². The molecule has 0 amide bonds. The Balaban J connectivity index is 2.42. The number of alkyl halides is 2. The van der Waals surface area contributed by atoms with E-state index in [9.17, 15) is 18.7 Å². The largest absolute Gasteiger partial charge is 0.477 e. The summed E-state index contributed by atoms with van der Waals surface area (Å²) in [6.07, 6.45) is -2.50. The van der Waals surface area contributed by atoms with Gasteiger partial charge in [-0.2, -0.15) is 0 Å². The molecule has 20 heavy (non-hydrogen) atoms. The molecule has 0 saturated carbocycles. The van der Waals surface area contributed by atoms with Gasteiger partial charge in [-0.25, -0.2) is 18.6 Å². The lowest BCUT2D eigenvalue weighted by atomic mass is 10.1. The average Bonchev–Trinajstić information content (AvgIpc) is 2.84. The summed E-state index contributed by atoms with van der Waals surface area (Å²) in [7, 11) is 1.46. The third kappa shape index (κ3) is 3.11. The van der Waals surface area contributed by atoms with Crippen molar-refractivity contribution < 1.29 is 18.7 Å². The molecule has 2 rings (SSSR count). The van der Waals surface area contributed by atoms with Crippen LogP contribution in [0.3, 0.4) is 0 Å². The number of carboxylic acids is 1. The van der Waals surface area contributed by atoms with Crippen molar-refractivity contribution in [1.82, 2.24) is 4.98 Å². The molecule has 1 aromatic heterocycles. The van der Waals surface area contributed by atoms with Crippen LogP contribution in [0.2, 0.25) is 0 Å². The summed E-state index contributed by atoms with van der Waals surface area (Å²) in [5, 5.41) is 9.47. The van der Waals surface area contributed by atoms with Gasteiger partial charge in [-0.3, -0.25) is 0 Å². The lowest BCUT2D eigenvalue weighted by Gasteiger charge is -2.14. The second-order valence-corrected chi connectivity index (χ2v) is 5.09. The first-order valence-corrected chi connectivity index (χ1v) is 6.59. The van der Waals surface area contributed by atoms with Gasteiger partial charge >= 0.3 is 5.97 Å². The highest BCUT2D eigenvalue weighted by Crippen LogP contribution is 2.32. The zero-order valence-electron chi connectivity index (χ0n) is 10.6. The average molecular weight is 298 g/mol. The number of rotatable bonds is 5. The predicted octanol–water partition coefficient (Wildman–Crippen LogP) is 3.21. The van der Waals surface area contributed by atoms with Crippen molar-refractivity contribution in [2.45, 2.75) is 6.43 Å². The maximum atomic E-state index is 12.4. The van der Waals surface area contributed by atoms with Crippen LogP contribution >= 0.6 is 11.3 Å². The zero-order valence-corrected chi connectivity index (χ0v) is 11.4. The Morgan fingerprint density at radius 1 is 1.40 bits per heavy atom. The van der Waals surface area contributed by atoms with Crippen LogP contribution in [-0.4, -0.2) is 36.1 Å². The maximum absolute atomic E-state index is 12.4. The van der Waals surface area contributed by atoms with E-state index in [0.717, 1.165) is 11.3 Å². The number of carbonyl (C=O) groups is 1. The van der Waals surface area contributed by atoms with E-state index in [1.807, 2.05) is 0 Å². The molecule has 0 saturated heterocycles. The maximum Gasteiger partial charge on any atom is 0.348 e. The third-order valence-corrected chi connectivity index (χ3v) is 3.75. The van der Waals surface area contributed by atoms with Crippen molar-refractivity contribution in [2.24, 2.45) is 0 Å². The molecule has 0 fully saturated rings. The van der Waals surface area contributed by atoms with Crippen LogP contribution in [0, 0.1) is 0 Å². The monoisotopic (exact) mass is 298 g/mol. The second kappa shape index (κ2) is 5.96. The summed E-state index contributed by atoms with van der Waals surface area (Å²) >= 11 is 0.894. The summed E-state index contributed by atoms with van der Waals surface area (Å²) in [5.74, 6) is -1.11. The quantitative estimate of drug-likeness (QED) is 0.921. The Morgan fingerprint density at radius 2 is 2.05 bits per heavy atom. The van der Waals surface area contributed by atoms with Crippen molar-refractivity contribution in [3.05, 3.63) is 35.2 Å². The highest BCUT2D eigenvalue weighted by molar-refractivity contribution is 7.17. The minimum Gasteiger partial charge on any atom is -0.477 e. The third-order valence-electron chi connectivity index (χ3n) is 2.60. The van der Waals surface area contributed by atoms with Gasteiger partial charge in [-0.15, -0.1) is 0 Å². The number of anilines is 1. The molecule has 2 aromatic rings. The molecule has 1 heterocycles. The molecule has 0 radical (unpaired) electrons. The molecule has 0 aliphatic carbocycles. The fourth-order valence-electron chi connectivity index (χ4n) is 1.69. The van der Waals surface area contributed by atoms with Gasteiger partial charge in [0.05, 0.1) is 12.2 Å². The van der Waals surface area contributed by atoms with Crippen molar-refractivity contribution in [3.63, 3.8) is 0 Å². The van der Waals surface area contributed by atoms with Crippen LogP contribution in [0.1, 0.15) is 9.67 Å². The molecule has 1 N–H and O–H groups in total. The Bertz CT molecular complexity index is 602. The van der Waals surface area contributed by atoms with Crippen LogP contribution < -0.4 is 4.90 Å². The molecule has 4 nitrogen and oxygen atoms in total. The number of aromatic nitrogens is 1. The lowest BCUT2D eigenvalue weighted by molar-refractivity contribution is 0.0702. The van der Waals surface area contributed by atoms with Crippen LogP contribution in [0.4, 0.5) is 13.9 Å². The van der Waals surface area contributed by atoms with Crippen molar-refractivity contribution >= 4 is 22.4 Å². The van der Waals surface area contributed by atoms with Crippen molar-refractivity contribution in [1.29, 1.82) is 0 Å². The standard InChI is InChI=1S/C13H12F2N2O2S/c1-17(7-9(14)15)13-16-10(11(20-13)12(18)19)8-5-3-2-4-6-8/h2-6,9H,7H2,1H3,(H,18,19). The van der Waals surface area contributed by atoms with E-state index in [0.29, 0.717) is 11.3 Å². The molecule has 0 unspecified atom stereocenters. The number of carboxylic acid groups (broad SMARTS) is 1. The fourth-order valence-corrected chi connectivity index (χ4v) is 2.59. The fraction of sp³-hybridized carbons (Fsp3) is 0.231. The van der Waals surface area contributed by atoms with Gasteiger partial charge in [0.25, 0.3) is 6.43 Å². The minimum absolute atomic E-state index is 0.0484. The Kier molecular flexibility index (Phi) is 4.29. The summed E-state index contributed by atoms with van der Waals surface area (Å²) in [4.78, 5) is 16.7. The van der Waals surface area contributed by atoms with Crippen molar-refractivity contribution in [3.8, 4) is 11.3 Å². The Hall–Kier alpha value is -2.02. The van der Waals surface area contributed by atoms with E-state index in [1.54, 1.807) is 30.3 Å². The highest BCUT2D eigenvalue weighted by Gasteiger charge is 2.21. The van der Waals surface area contributed by atoms with Gasteiger partial charge in [0.15, 0.2) is 5.13 Å². The van der Waals surface area contributed by atoms with E-state index in [2.05, 4.69) is 4.98 Å². The summed E-state index contributed by atoms with van der Waals surface area (Å²) in [6.45, 7) is -0.485. The minimum atomic E-state index is -2.50. The van der Waals surface area contributed by atoms with E-state index < -0.39 is 18.9 Å². The Labute approximate surface area is 118 Å². The first kappa shape index (κ1) is 14.4. The summed E-state index contributed by atoms with van der Waals surface area (Å²) < 4.78 is 24.8. The van der Waals surface area contributed by atoms with E-state index in [1.165, 1.54) is 11.9 Å². The molecular weight excluding hydrogens is 286 g/mol. The lowest BCUT2D eigenvalue weighted by Crippen LogP contribution is -2.23. The van der Waals surface area contributed by atoms with Gasteiger partial charge in [0, 0.05) is 12.6 Å². The molecule has 1 aromatic carbocycles. The van der Waals surface area contributed by atoms with Gasteiger partial charge < -0.3 is 10.0 Å². The molecule has 0 aliphatic rings. The molecule has 106 valence electrons. The summed E-state index contributed by atoms with van der Waals surface area (Å²) in [5.41, 5.74) is 0.956. The van der Waals surface area contributed by atoms with Crippen LogP contribution in [0.15, 0.2) is 30.3 Å². The van der Waals surface area contributed by atoms with Crippen LogP contribution in [-0.2, 0) is 0 Å². The van der Waals surface area contributed by atoms with Gasteiger partial charge in [-0.05, 0) is 0 Å². The molecule has 0 bridgehead atoms. The highest BCUT2D eigenvalue weighted by atomic mass is 32.1. The molecular formula is C13H12F2N2O2S. The van der Waals surface area contributed by atoms with Gasteiger partial charge in [-0.1, -0.05) is 41.7 Å². The van der Waals surface area contributed by atoms with E-state index in [4.69, 9.17) is 0 Å². The summed E-state index contributed by atoms with van der Waals surface area (Å²) in [6, 6.07) is 8.81. The predicted molar refractivity (Wildman–Crippen MR) is 73.8 cm³/mol. The smallest absolute Gasteiger partial charge is 0.348 e. The number of nitrogens with zero attached hydrogens (tertiary/aromatic N) is 2. The van der Waals surface area contributed by atoms with Crippen molar-refractivity contribution in [2.75, 3.05) is 18.5 Å². The number of halogens is 2. The van der Waals surface area contributed by atoms with Crippen LogP contribution in [0.25, 0.3) is 11.3 Å². The van der Waals surface area contributed by atoms with E-state index in [-0.39, 0.29) is 10.0 Å². The van der Waals surface area contributed by atoms with Crippen LogP contribution in [0.5, 0.6) is 0 Å². The number of benzene rings is 1. The molecule has 0 atom stereocenters. The number of thiazole rings is 1.